The summed E-state index contributed by atoms with van der Waals surface area (Å²) in [6.07, 6.45) is 2.33. The van der Waals surface area contributed by atoms with Crippen molar-refractivity contribution in [1.82, 2.24) is 9.29 Å². The van der Waals surface area contributed by atoms with Gasteiger partial charge in [0.2, 0.25) is 10.0 Å². The van der Waals surface area contributed by atoms with Crippen molar-refractivity contribution < 1.29 is 8.42 Å². The number of rotatable bonds is 6. The Balaban J connectivity index is 2.00. The first kappa shape index (κ1) is 15.7. The van der Waals surface area contributed by atoms with Gasteiger partial charge in [-0.15, -0.1) is 0 Å². The molecule has 1 heterocycles. The van der Waals surface area contributed by atoms with Crippen LogP contribution in [0.1, 0.15) is 16.8 Å². The van der Waals surface area contributed by atoms with Gasteiger partial charge in [0.15, 0.2) is 0 Å². The largest absolute Gasteiger partial charge is 0.261 e. The van der Waals surface area contributed by atoms with E-state index in [1.54, 1.807) is 13.2 Å². The number of likely N-dealkylation sites (N-methyl/N-ethyl adjacent to an activating group) is 1. The second-order valence-corrected chi connectivity index (χ2v) is 7.15. The highest BCUT2D eigenvalue weighted by Gasteiger charge is 2.19. The summed E-state index contributed by atoms with van der Waals surface area (Å²) in [6.45, 7) is 2.37. The molecule has 0 saturated heterocycles. The van der Waals surface area contributed by atoms with Gasteiger partial charge < -0.3 is 0 Å². The number of aryl methyl sites for hydroxylation is 1. The highest BCUT2D eigenvalue weighted by atomic mass is 32.2. The second-order valence-electron chi connectivity index (χ2n) is 5.08. The molecule has 0 unspecified atom stereocenters. The van der Waals surface area contributed by atoms with Crippen LogP contribution in [0.15, 0.2) is 48.7 Å². The number of hydrogen-bond donors (Lipinski definition) is 0. The van der Waals surface area contributed by atoms with Gasteiger partial charge in [-0.05, 0) is 30.2 Å². The Kier molecular flexibility index (Phi) is 5.09. The number of sulfonamides is 1. The molecule has 4 nitrogen and oxygen atoms in total. The summed E-state index contributed by atoms with van der Waals surface area (Å²) in [5.41, 5.74) is 2.75. The lowest BCUT2D eigenvalue weighted by Gasteiger charge is -2.17. The molecule has 0 atom stereocenters. The fourth-order valence-electron chi connectivity index (χ4n) is 2.04. The normalized spacial score (nSPS) is 11.8. The van der Waals surface area contributed by atoms with Crippen LogP contribution in [-0.2, 0) is 22.2 Å². The van der Waals surface area contributed by atoms with Gasteiger partial charge in [0.05, 0.1) is 5.75 Å². The van der Waals surface area contributed by atoms with Gasteiger partial charge in [-0.2, -0.15) is 0 Å². The van der Waals surface area contributed by atoms with E-state index in [0.717, 1.165) is 16.8 Å². The molecular formula is C16H20N2O2S. The van der Waals surface area contributed by atoms with Crippen molar-refractivity contribution in [2.45, 2.75) is 19.1 Å². The summed E-state index contributed by atoms with van der Waals surface area (Å²) in [4.78, 5) is 4.21. The Labute approximate surface area is 126 Å². The van der Waals surface area contributed by atoms with E-state index in [0.29, 0.717) is 13.0 Å². The average Bonchev–Trinajstić information content (AvgIpc) is 2.48. The average molecular weight is 304 g/mol. The summed E-state index contributed by atoms with van der Waals surface area (Å²) >= 11 is 0. The zero-order chi connectivity index (χ0) is 15.3. The van der Waals surface area contributed by atoms with Gasteiger partial charge in [0, 0.05) is 31.9 Å². The van der Waals surface area contributed by atoms with Crippen LogP contribution in [-0.4, -0.2) is 31.3 Å². The topological polar surface area (TPSA) is 50.3 Å². The predicted molar refractivity (Wildman–Crippen MR) is 84.4 cm³/mol. The smallest absolute Gasteiger partial charge is 0.218 e. The van der Waals surface area contributed by atoms with Crippen molar-refractivity contribution in [3.63, 3.8) is 0 Å². The minimum atomic E-state index is -3.30. The van der Waals surface area contributed by atoms with Crippen LogP contribution in [0.3, 0.4) is 0 Å². The maximum atomic E-state index is 12.4. The van der Waals surface area contributed by atoms with Crippen molar-refractivity contribution in [2.75, 3.05) is 13.6 Å². The van der Waals surface area contributed by atoms with Gasteiger partial charge in [-0.1, -0.05) is 30.3 Å². The van der Waals surface area contributed by atoms with E-state index >= 15 is 0 Å². The molecule has 0 saturated carbocycles. The zero-order valence-electron chi connectivity index (χ0n) is 12.4. The quantitative estimate of drug-likeness (QED) is 0.823. The van der Waals surface area contributed by atoms with Crippen molar-refractivity contribution in [3.05, 3.63) is 65.5 Å². The van der Waals surface area contributed by atoms with Gasteiger partial charge >= 0.3 is 0 Å². The van der Waals surface area contributed by atoms with Crippen LogP contribution in [0.5, 0.6) is 0 Å². The highest BCUT2D eigenvalue weighted by molar-refractivity contribution is 7.88. The fraction of sp³-hybridized carbons (Fsp3) is 0.312. The van der Waals surface area contributed by atoms with Crippen LogP contribution < -0.4 is 0 Å². The second kappa shape index (κ2) is 6.83. The molecule has 0 bridgehead atoms. The molecule has 2 rings (SSSR count). The van der Waals surface area contributed by atoms with E-state index in [2.05, 4.69) is 4.98 Å². The monoisotopic (exact) mass is 304 g/mol. The van der Waals surface area contributed by atoms with E-state index in [-0.39, 0.29) is 5.75 Å². The van der Waals surface area contributed by atoms with Crippen molar-refractivity contribution >= 4 is 10.0 Å². The number of pyridine rings is 1. The zero-order valence-corrected chi connectivity index (χ0v) is 13.2. The van der Waals surface area contributed by atoms with Gasteiger partial charge in [-0.25, -0.2) is 12.7 Å². The lowest BCUT2D eigenvalue weighted by Crippen LogP contribution is -2.30. The van der Waals surface area contributed by atoms with Crippen molar-refractivity contribution in [3.8, 4) is 0 Å². The summed E-state index contributed by atoms with van der Waals surface area (Å²) in [5.74, 6) is 0.0401. The molecule has 21 heavy (non-hydrogen) atoms. The van der Waals surface area contributed by atoms with Crippen molar-refractivity contribution in [2.24, 2.45) is 0 Å². The summed E-state index contributed by atoms with van der Waals surface area (Å²) in [7, 11) is -1.68. The molecule has 0 aliphatic carbocycles. The summed E-state index contributed by atoms with van der Waals surface area (Å²) < 4.78 is 26.2. The Morgan fingerprint density at radius 1 is 1.10 bits per heavy atom. The number of hydrogen-bond acceptors (Lipinski definition) is 3. The minimum absolute atomic E-state index is 0.0401. The Morgan fingerprint density at radius 3 is 2.48 bits per heavy atom. The maximum Gasteiger partial charge on any atom is 0.218 e. The maximum absolute atomic E-state index is 12.4. The molecule has 0 fully saturated rings. The third kappa shape index (κ3) is 4.37. The number of nitrogens with zero attached hydrogens (tertiary/aromatic N) is 2. The number of aromatic nitrogens is 1. The first-order chi connectivity index (χ1) is 9.99. The van der Waals surface area contributed by atoms with Gasteiger partial charge in [-0.3, -0.25) is 4.98 Å². The molecule has 0 amide bonds. The SMILES string of the molecule is Cc1ccccc1CS(=O)(=O)N(C)CCc1ccccn1. The Hall–Kier alpha value is -1.72. The van der Waals surface area contributed by atoms with Gasteiger partial charge in [0.25, 0.3) is 0 Å². The van der Waals surface area contributed by atoms with E-state index < -0.39 is 10.0 Å². The molecule has 5 heteroatoms. The molecule has 0 spiro atoms. The third-order valence-corrected chi connectivity index (χ3v) is 5.29. The molecule has 0 aliphatic heterocycles. The lowest BCUT2D eigenvalue weighted by molar-refractivity contribution is 0.470. The van der Waals surface area contributed by atoms with E-state index in [9.17, 15) is 8.42 Å². The molecule has 0 N–H and O–H groups in total. The first-order valence-corrected chi connectivity index (χ1v) is 8.48. The van der Waals surface area contributed by atoms with E-state index in [1.165, 1.54) is 4.31 Å². The molecule has 2 aromatic rings. The molecule has 1 aromatic carbocycles. The molecule has 0 radical (unpaired) electrons. The molecule has 0 aliphatic rings. The van der Waals surface area contributed by atoms with Crippen LogP contribution >= 0.6 is 0 Å². The third-order valence-electron chi connectivity index (χ3n) is 3.48. The molecular weight excluding hydrogens is 284 g/mol. The molecule has 112 valence electrons. The standard InChI is InChI=1S/C16H20N2O2S/c1-14-7-3-4-8-15(14)13-21(19,20)18(2)12-10-16-9-5-6-11-17-16/h3-9,11H,10,12-13H2,1-2H3. The van der Waals surface area contributed by atoms with E-state index in [1.807, 2.05) is 49.4 Å². The predicted octanol–water partition coefficient (Wildman–Crippen LogP) is 2.39. The fourth-order valence-corrected chi connectivity index (χ4v) is 3.34. The van der Waals surface area contributed by atoms with Crippen LogP contribution in [0.4, 0.5) is 0 Å². The lowest BCUT2D eigenvalue weighted by atomic mass is 10.1. The Bertz CT molecular complexity index is 684. The van der Waals surface area contributed by atoms with Crippen LogP contribution in [0.25, 0.3) is 0 Å². The summed E-state index contributed by atoms with van der Waals surface area (Å²) in [5, 5.41) is 0. The Morgan fingerprint density at radius 2 is 1.81 bits per heavy atom. The van der Waals surface area contributed by atoms with Crippen molar-refractivity contribution in [1.29, 1.82) is 0 Å². The highest BCUT2D eigenvalue weighted by Crippen LogP contribution is 2.14. The van der Waals surface area contributed by atoms with Gasteiger partial charge in [0.1, 0.15) is 0 Å². The van der Waals surface area contributed by atoms with Crippen LogP contribution in [0.2, 0.25) is 0 Å². The van der Waals surface area contributed by atoms with Crippen LogP contribution in [0, 0.1) is 6.92 Å². The first-order valence-electron chi connectivity index (χ1n) is 6.87. The minimum Gasteiger partial charge on any atom is -0.261 e. The number of benzene rings is 1. The molecule has 1 aromatic heterocycles. The summed E-state index contributed by atoms with van der Waals surface area (Å²) in [6, 6.07) is 13.2. The van der Waals surface area contributed by atoms with E-state index in [4.69, 9.17) is 0 Å².